The number of nitrogens with one attached hydrogen (secondary N) is 1. The van der Waals surface area contributed by atoms with Crippen molar-refractivity contribution in [2.24, 2.45) is 5.10 Å². The van der Waals surface area contributed by atoms with Crippen LogP contribution in [0.4, 0.5) is 0 Å². The molecule has 0 unspecified atom stereocenters. The molecule has 79 valence electrons. The van der Waals surface area contributed by atoms with Crippen LogP contribution >= 0.6 is 11.6 Å². The van der Waals surface area contributed by atoms with Gasteiger partial charge in [0.1, 0.15) is 0 Å². The minimum atomic E-state index is -0.0327. The van der Waals surface area contributed by atoms with Crippen LogP contribution < -0.4 is 5.43 Å². The maximum Gasteiger partial charge on any atom is 0.154 e. The summed E-state index contributed by atoms with van der Waals surface area (Å²) in [4.78, 5) is 0. The smallest absolute Gasteiger partial charge is 0.154 e. The summed E-state index contributed by atoms with van der Waals surface area (Å²) < 4.78 is 0. The van der Waals surface area contributed by atoms with Crippen molar-refractivity contribution in [3.05, 3.63) is 12.3 Å². The average Bonchev–Trinajstić information content (AvgIpc) is 2.17. The Morgan fingerprint density at radius 1 is 1.50 bits per heavy atom. The summed E-state index contributed by atoms with van der Waals surface area (Å²) in [6, 6.07) is 0. The molecule has 1 aliphatic rings. The molecule has 0 atom stereocenters. The van der Waals surface area contributed by atoms with E-state index >= 15 is 0 Å². The number of aliphatic hydroxyl groups is 2. The molecular weight excluding hydrogens is 208 g/mol. The van der Waals surface area contributed by atoms with E-state index in [0.717, 1.165) is 0 Å². The van der Waals surface area contributed by atoms with Gasteiger partial charge in [-0.2, -0.15) is 5.01 Å². The number of hydrogen-bond acceptors (Lipinski definition) is 6. The highest BCUT2D eigenvalue weighted by atomic mass is 35.5. The molecule has 7 heteroatoms. The molecule has 0 bridgehead atoms. The Kier molecular flexibility index (Phi) is 4.68. The molecule has 0 saturated heterocycles. The molecule has 6 nitrogen and oxygen atoms in total. The number of hydrogen-bond donors (Lipinski definition) is 3. The van der Waals surface area contributed by atoms with Gasteiger partial charge in [-0.3, -0.25) is 5.43 Å². The number of allylic oxidation sites excluding steroid dienone is 1. The minimum absolute atomic E-state index is 0.0327. The fourth-order valence-corrected chi connectivity index (χ4v) is 1.09. The summed E-state index contributed by atoms with van der Waals surface area (Å²) in [5.41, 5.74) is 2.68. The van der Waals surface area contributed by atoms with Gasteiger partial charge in [-0.25, -0.2) is 0 Å². The Labute approximate surface area is 87.0 Å². The number of hydrazine groups is 2. The van der Waals surface area contributed by atoms with Gasteiger partial charge in [0.15, 0.2) is 5.17 Å². The molecule has 1 radical (unpaired) electrons. The molecule has 3 N–H and O–H groups in total. The number of hydrazone groups is 1. The van der Waals surface area contributed by atoms with Gasteiger partial charge < -0.3 is 10.2 Å². The van der Waals surface area contributed by atoms with E-state index in [4.69, 9.17) is 21.8 Å². The molecule has 14 heavy (non-hydrogen) atoms. The van der Waals surface area contributed by atoms with Gasteiger partial charge >= 0.3 is 0 Å². The number of halogens is 1. The largest absolute Gasteiger partial charge is 0.395 e. The average molecular weight is 220 g/mol. The van der Waals surface area contributed by atoms with Crippen LogP contribution in [0.25, 0.3) is 0 Å². The Bertz CT molecular complexity index is 228. The highest BCUT2D eigenvalue weighted by Gasteiger charge is 2.14. The topological polar surface area (TPSA) is 71.3 Å². The monoisotopic (exact) mass is 219 g/mol. The van der Waals surface area contributed by atoms with E-state index in [1.807, 2.05) is 0 Å². The Hall–Kier alpha value is -0.820. The molecular formula is C7H12ClN4O2. The maximum absolute atomic E-state index is 8.77. The van der Waals surface area contributed by atoms with Crippen molar-refractivity contribution in [2.45, 2.75) is 0 Å². The Morgan fingerprint density at radius 3 is 2.64 bits per heavy atom. The first-order valence-electron chi connectivity index (χ1n) is 4.13. The van der Waals surface area contributed by atoms with Gasteiger partial charge in [-0.1, -0.05) is 11.6 Å². The fourth-order valence-electron chi connectivity index (χ4n) is 0.960. The summed E-state index contributed by atoms with van der Waals surface area (Å²) in [7, 11) is 0. The minimum Gasteiger partial charge on any atom is -0.395 e. The van der Waals surface area contributed by atoms with E-state index in [2.05, 4.69) is 16.7 Å². The molecule has 0 spiro atoms. The van der Waals surface area contributed by atoms with E-state index < -0.39 is 0 Å². The second-order valence-corrected chi connectivity index (χ2v) is 2.90. The Balaban J connectivity index is 2.54. The zero-order chi connectivity index (χ0) is 10.4. The lowest BCUT2D eigenvalue weighted by molar-refractivity contribution is -0.0747. The van der Waals surface area contributed by atoms with Crippen LogP contribution in [0, 0.1) is 6.20 Å². The van der Waals surface area contributed by atoms with Crippen LogP contribution in [-0.4, -0.2) is 51.9 Å². The second kappa shape index (κ2) is 5.82. The summed E-state index contributed by atoms with van der Waals surface area (Å²) in [6.07, 6.45) is 4.15. The van der Waals surface area contributed by atoms with E-state index in [-0.39, 0.29) is 18.4 Å². The molecule has 0 aliphatic carbocycles. The van der Waals surface area contributed by atoms with Gasteiger partial charge in [0.05, 0.1) is 19.4 Å². The summed E-state index contributed by atoms with van der Waals surface area (Å²) in [5.74, 6) is 0. The van der Waals surface area contributed by atoms with Crippen molar-refractivity contribution in [1.29, 1.82) is 0 Å². The summed E-state index contributed by atoms with van der Waals surface area (Å²) in [6.45, 7) is 0.635. The van der Waals surface area contributed by atoms with Gasteiger partial charge in [0, 0.05) is 19.2 Å². The standard InChI is InChI=1S/C7H12ClN4O2/c8-7-1-2-9-12(10-7)11(3-5-13)4-6-14/h1,9,13-14H,3-6H2. The van der Waals surface area contributed by atoms with Gasteiger partial charge in [0.2, 0.25) is 0 Å². The molecule has 1 rings (SSSR count). The molecule has 0 fully saturated rings. The highest BCUT2D eigenvalue weighted by Crippen LogP contribution is 2.02. The van der Waals surface area contributed by atoms with Crippen molar-refractivity contribution in [1.82, 2.24) is 15.7 Å². The third-order valence-corrected chi connectivity index (χ3v) is 1.71. The van der Waals surface area contributed by atoms with E-state index in [9.17, 15) is 0 Å². The molecule has 0 aromatic rings. The van der Waals surface area contributed by atoms with Crippen LogP contribution in [0.15, 0.2) is 11.2 Å². The van der Waals surface area contributed by atoms with Crippen molar-refractivity contribution in [3.8, 4) is 0 Å². The first-order chi connectivity index (χ1) is 6.77. The first-order valence-corrected chi connectivity index (χ1v) is 4.51. The number of nitrogens with zero attached hydrogens (tertiary/aromatic N) is 3. The third-order valence-electron chi connectivity index (χ3n) is 1.53. The summed E-state index contributed by atoms with van der Waals surface area (Å²) >= 11 is 5.65. The van der Waals surface area contributed by atoms with Crippen LogP contribution in [0.3, 0.4) is 0 Å². The van der Waals surface area contributed by atoms with Crippen LogP contribution in [-0.2, 0) is 0 Å². The van der Waals surface area contributed by atoms with E-state index in [1.54, 1.807) is 5.01 Å². The third kappa shape index (κ3) is 3.15. The van der Waals surface area contributed by atoms with Crippen LogP contribution in [0.5, 0.6) is 0 Å². The number of aliphatic hydroxyl groups excluding tert-OH is 2. The van der Waals surface area contributed by atoms with Crippen molar-refractivity contribution in [3.63, 3.8) is 0 Å². The van der Waals surface area contributed by atoms with Crippen molar-refractivity contribution >= 4 is 16.8 Å². The Morgan fingerprint density at radius 2 is 2.14 bits per heavy atom. The second-order valence-electron chi connectivity index (χ2n) is 2.51. The maximum atomic E-state index is 8.77. The van der Waals surface area contributed by atoms with Crippen molar-refractivity contribution < 1.29 is 10.2 Å². The SMILES string of the molecule is OCCN(CCO)N1N=C(Cl)C=[C]N1. The predicted molar refractivity (Wildman–Crippen MR) is 51.8 cm³/mol. The van der Waals surface area contributed by atoms with Gasteiger partial charge in [-0.05, 0) is 0 Å². The van der Waals surface area contributed by atoms with Crippen LogP contribution in [0.2, 0.25) is 0 Å². The summed E-state index contributed by atoms with van der Waals surface area (Å²) in [5, 5.41) is 24.7. The zero-order valence-electron chi connectivity index (χ0n) is 7.52. The van der Waals surface area contributed by atoms with Crippen LogP contribution in [0.1, 0.15) is 0 Å². The molecule has 1 heterocycles. The predicted octanol–water partition coefficient (Wildman–Crippen LogP) is -1.12. The van der Waals surface area contributed by atoms with Crippen molar-refractivity contribution in [2.75, 3.05) is 26.3 Å². The molecule has 1 aliphatic heterocycles. The molecule has 0 saturated carbocycles. The lowest BCUT2D eigenvalue weighted by atomic mass is 10.6. The van der Waals surface area contributed by atoms with Gasteiger partial charge in [-0.15, -0.1) is 10.3 Å². The first kappa shape index (κ1) is 11.3. The van der Waals surface area contributed by atoms with E-state index in [1.165, 1.54) is 11.3 Å². The van der Waals surface area contributed by atoms with E-state index in [0.29, 0.717) is 13.1 Å². The zero-order valence-corrected chi connectivity index (χ0v) is 8.28. The molecule has 0 amide bonds. The fraction of sp³-hybridized carbons (Fsp3) is 0.571. The molecule has 0 aromatic carbocycles. The highest BCUT2D eigenvalue weighted by molar-refractivity contribution is 6.68. The quantitative estimate of drug-likeness (QED) is 0.546. The lowest BCUT2D eigenvalue weighted by Crippen LogP contribution is -2.49. The number of rotatable bonds is 5. The van der Waals surface area contributed by atoms with Gasteiger partial charge in [0.25, 0.3) is 0 Å². The molecule has 0 aromatic heterocycles. The lowest BCUT2D eigenvalue weighted by Gasteiger charge is -2.31. The normalized spacial score (nSPS) is 15.7.